The third kappa shape index (κ3) is 3.75. The minimum absolute atomic E-state index is 0.0594. The van der Waals surface area contributed by atoms with Gasteiger partial charge in [-0.15, -0.1) is 0 Å². The lowest BCUT2D eigenvalue weighted by atomic mass is 9.97. The van der Waals surface area contributed by atoms with E-state index in [0.717, 1.165) is 18.4 Å². The number of carbonyl (C=O) groups excluding carboxylic acids is 1. The number of aryl methyl sites for hydroxylation is 1. The van der Waals surface area contributed by atoms with Crippen LogP contribution in [0.1, 0.15) is 30.0 Å². The minimum Gasteiger partial charge on any atom is -0.495 e. The van der Waals surface area contributed by atoms with Gasteiger partial charge in [0.2, 0.25) is 5.91 Å². The molecule has 2 aliphatic heterocycles. The second-order valence-corrected chi connectivity index (χ2v) is 9.29. The van der Waals surface area contributed by atoms with Crippen LogP contribution in [0.15, 0.2) is 30.5 Å². The third-order valence-electron chi connectivity index (χ3n) is 5.40. The molecular weight excluding hydrogens is 394 g/mol. The lowest BCUT2D eigenvalue weighted by molar-refractivity contribution is -0.118. The molecule has 0 spiro atoms. The third-order valence-corrected chi connectivity index (χ3v) is 7.35. The average molecular weight is 420 g/mol. The van der Waals surface area contributed by atoms with Crippen molar-refractivity contribution in [1.29, 1.82) is 0 Å². The number of amides is 1. The molecule has 9 nitrogen and oxygen atoms in total. The Hall–Kier alpha value is -2.43. The first-order valence-corrected chi connectivity index (χ1v) is 11.0. The van der Waals surface area contributed by atoms with E-state index < -0.39 is 16.1 Å². The van der Waals surface area contributed by atoms with Crippen LogP contribution in [-0.4, -0.2) is 59.5 Å². The zero-order valence-corrected chi connectivity index (χ0v) is 17.4. The highest BCUT2D eigenvalue weighted by Crippen LogP contribution is 2.32. The molecule has 0 aliphatic carbocycles. The van der Waals surface area contributed by atoms with Gasteiger partial charge in [0.15, 0.2) is 0 Å². The maximum absolute atomic E-state index is 13.2. The van der Waals surface area contributed by atoms with E-state index in [4.69, 9.17) is 4.74 Å². The van der Waals surface area contributed by atoms with Crippen LogP contribution in [0.2, 0.25) is 0 Å². The van der Waals surface area contributed by atoms with E-state index in [1.165, 1.54) is 15.7 Å². The van der Waals surface area contributed by atoms with Crippen LogP contribution >= 0.6 is 0 Å². The second kappa shape index (κ2) is 7.77. The number of benzene rings is 1. The van der Waals surface area contributed by atoms with E-state index in [9.17, 15) is 13.2 Å². The number of hydrogen-bond donors (Lipinski definition) is 1. The number of fused-ring (bicyclic) bond motifs is 1. The number of aromatic nitrogens is 2. The number of nitrogens with zero attached hydrogens (tertiary/aromatic N) is 4. The molecule has 1 atom stereocenters. The molecule has 29 heavy (non-hydrogen) atoms. The van der Waals surface area contributed by atoms with Crippen LogP contribution in [0.5, 0.6) is 5.75 Å². The van der Waals surface area contributed by atoms with E-state index in [1.54, 1.807) is 36.1 Å². The predicted molar refractivity (Wildman–Crippen MR) is 108 cm³/mol. The summed E-state index contributed by atoms with van der Waals surface area (Å²) in [5.41, 5.74) is 1.91. The van der Waals surface area contributed by atoms with Crippen molar-refractivity contribution in [3.8, 4) is 5.75 Å². The fourth-order valence-electron chi connectivity index (χ4n) is 3.95. The van der Waals surface area contributed by atoms with Crippen molar-refractivity contribution in [2.24, 2.45) is 7.05 Å². The molecule has 0 saturated carbocycles. The highest BCUT2D eigenvalue weighted by Gasteiger charge is 2.41. The van der Waals surface area contributed by atoms with E-state index in [1.807, 2.05) is 6.07 Å². The van der Waals surface area contributed by atoms with Crippen molar-refractivity contribution in [2.75, 3.05) is 32.1 Å². The van der Waals surface area contributed by atoms with Crippen molar-refractivity contribution >= 4 is 21.8 Å². The SMILES string of the molecule is COc1ccccc1NC(=O)C1CN(S(=O)(=O)N2CCCC2)Cc2cn(C)nc21. The number of para-hydroxylation sites is 2. The van der Waals surface area contributed by atoms with Gasteiger partial charge >= 0.3 is 0 Å². The van der Waals surface area contributed by atoms with Crippen LogP contribution in [0, 0.1) is 0 Å². The second-order valence-electron chi connectivity index (χ2n) is 7.36. The fraction of sp³-hybridized carbons (Fsp3) is 0.474. The Morgan fingerprint density at radius 3 is 2.66 bits per heavy atom. The molecular formula is C19H25N5O4S. The summed E-state index contributed by atoms with van der Waals surface area (Å²) >= 11 is 0. The first-order chi connectivity index (χ1) is 13.9. The highest BCUT2D eigenvalue weighted by atomic mass is 32.2. The molecule has 0 bridgehead atoms. The first kappa shape index (κ1) is 19.9. The molecule has 156 valence electrons. The van der Waals surface area contributed by atoms with E-state index >= 15 is 0 Å². The molecule has 10 heteroatoms. The van der Waals surface area contributed by atoms with E-state index in [-0.39, 0.29) is 19.0 Å². The molecule has 1 aromatic heterocycles. The minimum atomic E-state index is -3.62. The molecule has 0 radical (unpaired) electrons. The summed E-state index contributed by atoms with van der Waals surface area (Å²) in [7, 11) is -0.317. The fourth-order valence-corrected chi connectivity index (χ4v) is 5.63. The van der Waals surface area contributed by atoms with Crippen molar-refractivity contribution in [3.63, 3.8) is 0 Å². The molecule has 1 aromatic carbocycles. The molecule has 1 N–H and O–H groups in total. The summed E-state index contributed by atoms with van der Waals surface area (Å²) in [6.07, 6.45) is 3.51. The van der Waals surface area contributed by atoms with Crippen LogP contribution < -0.4 is 10.1 Å². The zero-order chi connectivity index (χ0) is 20.6. The summed E-state index contributed by atoms with van der Waals surface area (Å²) in [5.74, 6) is -0.475. The zero-order valence-electron chi connectivity index (χ0n) is 16.5. The van der Waals surface area contributed by atoms with E-state index in [2.05, 4.69) is 10.4 Å². The lowest BCUT2D eigenvalue weighted by Crippen LogP contribution is -2.47. The molecule has 1 saturated heterocycles. The number of methoxy groups -OCH3 is 1. The maximum Gasteiger partial charge on any atom is 0.282 e. The van der Waals surface area contributed by atoms with Crippen molar-refractivity contribution in [3.05, 3.63) is 41.7 Å². The highest BCUT2D eigenvalue weighted by molar-refractivity contribution is 7.86. The summed E-state index contributed by atoms with van der Waals surface area (Å²) in [6.45, 7) is 1.33. The Bertz CT molecular complexity index is 1010. The Labute approximate surface area is 170 Å². The van der Waals surface area contributed by atoms with Gasteiger partial charge in [-0.25, -0.2) is 0 Å². The number of carbonyl (C=O) groups is 1. The summed E-state index contributed by atoms with van der Waals surface area (Å²) < 4.78 is 36.0. The average Bonchev–Trinajstić information content (AvgIpc) is 3.36. The van der Waals surface area contributed by atoms with Gasteiger partial charge in [-0.2, -0.15) is 22.1 Å². The Balaban J connectivity index is 1.63. The molecule has 1 fully saturated rings. The van der Waals surface area contributed by atoms with Gasteiger partial charge in [-0.3, -0.25) is 9.48 Å². The van der Waals surface area contributed by atoms with Gasteiger partial charge in [0.25, 0.3) is 10.2 Å². The van der Waals surface area contributed by atoms with Crippen molar-refractivity contribution in [1.82, 2.24) is 18.4 Å². The van der Waals surface area contributed by atoms with Crippen molar-refractivity contribution in [2.45, 2.75) is 25.3 Å². The van der Waals surface area contributed by atoms with Crippen molar-refractivity contribution < 1.29 is 17.9 Å². The molecule has 1 amide bonds. The predicted octanol–water partition coefficient (Wildman–Crippen LogP) is 1.31. The standard InChI is InChI=1S/C19H25N5O4S/c1-22-11-14-12-24(29(26,27)23-9-5-6-10-23)13-15(18(14)21-22)19(25)20-16-7-3-4-8-17(16)28-2/h3-4,7-8,11,15H,5-6,9-10,12-13H2,1-2H3,(H,20,25). The monoisotopic (exact) mass is 419 g/mol. The van der Waals surface area contributed by atoms with Crippen LogP contribution in [0.4, 0.5) is 5.69 Å². The summed E-state index contributed by atoms with van der Waals surface area (Å²) in [5, 5.41) is 7.32. The Morgan fingerprint density at radius 2 is 1.93 bits per heavy atom. The van der Waals surface area contributed by atoms with Crippen LogP contribution in [-0.2, 0) is 28.6 Å². The smallest absolute Gasteiger partial charge is 0.282 e. The topological polar surface area (TPSA) is 96.8 Å². The largest absolute Gasteiger partial charge is 0.495 e. The molecule has 2 aliphatic rings. The normalized spacial score (nSPS) is 20.4. The van der Waals surface area contributed by atoms with Gasteiger partial charge in [-0.05, 0) is 25.0 Å². The molecule has 2 aromatic rings. The number of anilines is 1. The van der Waals surface area contributed by atoms with Crippen LogP contribution in [0.25, 0.3) is 0 Å². The Morgan fingerprint density at radius 1 is 1.21 bits per heavy atom. The molecule has 4 rings (SSSR count). The van der Waals surface area contributed by atoms with Gasteiger partial charge in [-0.1, -0.05) is 12.1 Å². The Kier molecular flexibility index (Phi) is 5.32. The number of nitrogens with one attached hydrogen (secondary N) is 1. The maximum atomic E-state index is 13.2. The van der Waals surface area contributed by atoms with Crippen LogP contribution in [0.3, 0.4) is 0 Å². The van der Waals surface area contributed by atoms with Gasteiger partial charge < -0.3 is 10.1 Å². The van der Waals surface area contributed by atoms with Gasteiger partial charge in [0.1, 0.15) is 5.75 Å². The van der Waals surface area contributed by atoms with Gasteiger partial charge in [0.05, 0.1) is 24.4 Å². The molecule has 3 heterocycles. The number of hydrogen-bond acceptors (Lipinski definition) is 5. The summed E-state index contributed by atoms with van der Waals surface area (Å²) in [4.78, 5) is 13.2. The lowest BCUT2D eigenvalue weighted by Gasteiger charge is -2.33. The first-order valence-electron chi connectivity index (χ1n) is 9.61. The number of rotatable bonds is 5. The van der Waals surface area contributed by atoms with Gasteiger partial charge in [0, 0.05) is 45.0 Å². The molecule has 1 unspecified atom stereocenters. The quantitative estimate of drug-likeness (QED) is 0.788. The van der Waals surface area contributed by atoms with E-state index in [0.29, 0.717) is 30.2 Å². The summed E-state index contributed by atoms with van der Waals surface area (Å²) in [6, 6.07) is 7.12. The number of ether oxygens (including phenoxy) is 1.